The van der Waals surface area contributed by atoms with Gasteiger partial charge in [0, 0.05) is 77.7 Å². The van der Waals surface area contributed by atoms with Crippen molar-refractivity contribution in [1.29, 1.82) is 0 Å². The van der Waals surface area contributed by atoms with Crippen molar-refractivity contribution in [1.82, 2.24) is 51.7 Å². The van der Waals surface area contributed by atoms with Gasteiger partial charge in [0.2, 0.25) is 53.2 Å². The SMILES string of the molecule is CCC(C)[C@H]1C(=O)N[C@@H](CC(C)C)C(=O)N(C)CC(=O)N[C@@H]([C@@H](C)O)C(=O)C[C@@H](Cc2ccccc2)C(=O)N[C@@H](C)C(=O)N(C)[C@@H](CC(C)C)C(=O)N[C@@H](Cc2ccccc2)C(=O)C[C@@H](C(C)C)C(=O)N[C@H](C(=O)N2CCCCC2)CC(=O)CC(C)C(=O)NN1C. The Labute approximate surface area is 538 Å². The first-order chi connectivity index (χ1) is 42.8. The van der Waals surface area contributed by atoms with E-state index in [-0.39, 0.29) is 43.9 Å². The van der Waals surface area contributed by atoms with Crippen LogP contribution in [0.1, 0.15) is 151 Å². The highest BCUT2D eigenvalue weighted by molar-refractivity contribution is 5.99. The Balaban J connectivity index is 1.82. The third-order valence-electron chi connectivity index (χ3n) is 17.3. The molecule has 2 aromatic carbocycles. The van der Waals surface area contributed by atoms with Crippen LogP contribution < -0.4 is 32.0 Å². The highest BCUT2D eigenvalue weighted by atomic mass is 16.3. The van der Waals surface area contributed by atoms with Crippen LogP contribution in [0.15, 0.2) is 60.7 Å². The predicted octanol–water partition coefficient (Wildman–Crippen LogP) is 3.87. The Bertz CT molecular complexity index is 2810. The largest absolute Gasteiger partial charge is 0.391 e. The molecule has 0 spiro atoms. The number of aliphatic hydroxyl groups excluding tert-OH is 1. The summed E-state index contributed by atoms with van der Waals surface area (Å²) in [5, 5.41) is 26.2. The maximum atomic E-state index is 14.9. The van der Waals surface area contributed by atoms with Gasteiger partial charge >= 0.3 is 0 Å². The number of aliphatic hydroxyl groups is 1. The lowest BCUT2D eigenvalue weighted by Crippen LogP contribution is -2.59. The van der Waals surface area contributed by atoms with Crippen LogP contribution in [0.3, 0.4) is 0 Å². The highest BCUT2D eigenvalue weighted by Crippen LogP contribution is 2.24. The van der Waals surface area contributed by atoms with E-state index in [0.29, 0.717) is 43.5 Å². The van der Waals surface area contributed by atoms with E-state index in [0.717, 1.165) is 11.3 Å². The van der Waals surface area contributed by atoms with E-state index < -0.39 is 174 Å². The fraction of sp³-hybridized carbons (Fsp3) is 0.647. The maximum absolute atomic E-state index is 14.9. The molecular formula is C68H104N10O13. The molecule has 2 saturated heterocycles. The molecule has 2 aliphatic rings. The monoisotopic (exact) mass is 1270 g/mol. The van der Waals surface area contributed by atoms with Gasteiger partial charge in [-0.3, -0.25) is 63.0 Å². The number of ketones is 3. The Kier molecular flexibility index (Phi) is 30.6. The van der Waals surface area contributed by atoms with Crippen LogP contribution in [0, 0.1) is 41.4 Å². The van der Waals surface area contributed by atoms with Crippen LogP contribution in [-0.4, -0.2) is 185 Å². The number of hydrogen-bond acceptors (Lipinski definition) is 14. The Morgan fingerprint density at radius 2 is 1.16 bits per heavy atom. The summed E-state index contributed by atoms with van der Waals surface area (Å²) in [6.45, 7) is 19.0. The van der Waals surface area contributed by atoms with Crippen molar-refractivity contribution in [2.45, 2.75) is 202 Å². The number of likely N-dealkylation sites (tertiary alicyclic amines) is 1. The number of carbonyl (C=O) groups excluding carboxylic acids is 12. The lowest BCUT2D eigenvalue weighted by molar-refractivity contribution is -0.143. The fourth-order valence-corrected chi connectivity index (χ4v) is 11.8. The van der Waals surface area contributed by atoms with Crippen molar-refractivity contribution < 1.29 is 62.6 Å². The van der Waals surface area contributed by atoms with Crippen LogP contribution in [0.2, 0.25) is 0 Å². The molecule has 504 valence electrons. The molecule has 0 radical (unpaired) electrons. The van der Waals surface area contributed by atoms with Crippen LogP contribution in [0.5, 0.6) is 0 Å². The van der Waals surface area contributed by atoms with Gasteiger partial charge in [-0.25, -0.2) is 5.01 Å². The number of hydrazine groups is 1. The molecule has 0 aliphatic carbocycles. The molecule has 2 heterocycles. The number of Topliss-reactive ketones (excluding diaryl/α,β-unsaturated/α-hetero) is 3. The molecule has 2 aliphatic heterocycles. The minimum Gasteiger partial charge on any atom is -0.391 e. The van der Waals surface area contributed by atoms with Gasteiger partial charge in [0.1, 0.15) is 42.0 Å². The number of benzene rings is 2. The molecule has 0 bridgehead atoms. The number of likely N-dealkylation sites (N-methyl/N-ethyl adjacent to an activating group) is 3. The molecule has 7 N–H and O–H groups in total. The summed E-state index contributed by atoms with van der Waals surface area (Å²) in [6, 6.07) is 8.90. The van der Waals surface area contributed by atoms with Gasteiger partial charge in [0.25, 0.3) is 0 Å². The lowest BCUT2D eigenvalue weighted by atomic mass is 9.86. The Hall–Kier alpha value is -7.40. The molecule has 2 fully saturated rings. The number of nitrogens with one attached hydrogen (secondary N) is 6. The van der Waals surface area contributed by atoms with Crippen molar-refractivity contribution in [2.24, 2.45) is 41.4 Å². The molecule has 23 nitrogen and oxygen atoms in total. The minimum atomic E-state index is -1.56. The first-order valence-electron chi connectivity index (χ1n) is 32.5. The van der Waals surface area contributed by atoms with Gasteiger partial charge in [0.05, 0.1) is 18.7 Å². The van der Waals surface area contributed by atoms with Crippen molar-refractivity contribution in [3.05, 3.63) is 71.8 Å². The number of nitrogens with zero attached hydrogens (tertiary/aromatic N) is 4. The van der Waals surface area contributed by atoms with E-state index in [4.69, 9.17) is 0 Å². The van der Waals surface area contributed by atoms with Crippen LogP contribution >= 0.6 is 0 Å². The number of amides is 9. The smallest absolute Gasteiger partial charge is 0.245 e. The van der Waals surface area contributed by atoms with Gasteiger partial charge < -0.3 is 46.4 Å². The van der Waals surface area contributed by atoms with Crippen molar-refractivity contribution in [3.8, 4) is 0 Å². The first-order valence-corrected chi connectivity index (χ1v) is 32.5. The number of piperidine rings is 1. The van der Waals surface area contributed by atoms with Gasteiger partial charge in [-0.15, -0.1) is 0 Å². The minimum absolute atomic E-state index is 0.000531. The average Bonchev–Trinajstić information content (AvgIpc) is 1.66. The normalized spacial score (nSPS) is 26.7. The van der Waals surface area contributed by atoms with Crippen LogP contribution in [-0.2, 0) is 70.4 Å². The number of hydrogen-bond donors (Lipinski definition) is 7. The van der Waals surface area contributed by atoms with E-state index >= 15 is 0 Å². The summed E-state index contributed by atoms with van der Waals surface area (Å²) in [5.74, 6) is -12.1. The summed E-state index contributed by atoms with van der Waals surface area (Å²) in [4.78, 5) is 177. The summed E-state index contributed by atoms with van der Waals surface area (Å²) in [6.07, 6.45) is -0.171. The summed E-state index contributed by atoms with van der Waals surface area (Å²) < 4.78 is 0. The molecule has 0 aromatic heterocycles. The third kappa shape index (κ3) is 23.7. The summed E-state index contributed by atoms with van der Waals surface area (Å²) >= 11 is 0. The van der Waals surface area contributed by atoms with E-state index in [1.807, 2.05) is 34.6 Å². The zero-order valence-corrected chi connectivity index (χ0v) is 56.2. The van der Waals surface area contributed by atoms with Gasteiger partial charge in [0.15, 0.2) is 11.6 Å². The Morgan fingerprint density at radius 1 is 0.593 bits per heavy atom. The maximum Gasteiger partial charge on any atom is 0.245 e. The molecule has 0 saturated carbocycles. The van der Waals surface area contributed by atoms with Crippen molar-refractivity contribution in [3.63, 3.8) is 0 Å². The lowest BCUT2D eigenvalue weighted by Gasteiger charge is -2.34. The molecule has 91 heavy (non-hydrogen) atoms. The third-order valence-corrected chi connectivity index (χ3v) is 17.3. The van der Waals surface area contributed by atoms with Crippen molar-refractivity contribution >= 4 is 70.5 Å². The van der Waals surface area contributed by atoms with Crippen molar-refractivity contribution in [2.75, 3.05) is 40.8 Å². The van der Waals surface area contributed by atoms with Crippen LogP contribution in [0.4, 0.5) is 0 Å². The predicted molar refractivity (Wildman–Crippen MR) is 344 cm³/mol. The van der Waals surface area contributed by atoms with E-state index in [9.17, 15) is 62.6 Å². The van der Waals surface area contributed by atoms with Gasteiger partial charge in [-0.05, 0) is 93.6 Å². The molecule has 4 rings (SSSR count). The summed E-state index contributed by atoms with van der Waals surface area (Å²) in [7, 11) is 4.25. The zero-order chi connectivity index (χ0) is 68.0. The molecule has 12 atom stereocenters. The van der Waals surface area contributed by atoms with Crippen LogP contribution in [0.25, 0.3) is 0 Å². The topological polar surface area (TPSA) is 310 Å². The molecular weight excluding hydrogens is 1160 g/mol. The fourth-order valence-electron chi connectivity index (χ4n) is 11.8. The highest BCUT2D eigenvalue weighted by Gasteiger charge is 2.40. The quantitative estimate of drug-likeness (QED) is 0.150. The Morgan fingerprint density at radius 3 is 1.71 bits per heavy atom. The van der Waals surface area contributed by atoms with E-state index in [2.05, 4.69) is 32.0 Å². The van der Waals surface area contributed by atoms with Gasteiger partial charge in [-0.2, -0.15) is 0 Å². The van der Waals surface area contributed by atoms with E-state index in [1.165, 1.54) is 51.8 Å². The molecule has 2 unspecified atom stereocenters. The molecule has 9 amide bonds. The second kappa shape index (κ2) is 36.6. The molecule has 23 heteroatoms. The second-order valence-corrected chi connectivity index (χ2v) is 26.5. The average molecular weight is 1270 g/mol. The number of rotatable bonds is 13. The summed E-state index contributed by atoms with van der Waals surface area (Å²) in [5.41, 5.74) is 4.10. The standard InChI is InChI=1S/C68H104N10O13/c1-15-43(8)60-65(88)72-53(31-40(2)3)67(90)75(12)39-58(83)73-59(46(11)79)57(82)36-49(34-47-25-19-16-20-26-47)62(85)69-45(10)66(89)76(13)55(32-41(4)5)64(87)70-52(35-48-27-21-17-22-28-48)56(81)38-51(42(6)7)63(86)71-54(68(91)78-29-23-18-24-30-78)37-50(80)33-44(9)61(84)74-77(60)14/h16-17,19-22,25-28,40-46,49,51-55,59-60,79H,15,18,23-24,29-39H2,1-14H3,(H,69,85)(H,70,87)(H,71,86)(H,72,88)(H,73,83)(H,74,84)/t43?,44?,45-,46+,49+,51-,52-,53-,54-,55-,59-,60-/m0/s1. The molecule has 2 aromatic rings. The zero-order valence-electron chi connectivity index (χ0n) is 56.2. The number of carbonyl (C=O) groups is 12. The van der Waals surface area contributed by atoms with E-state index in [1.54, 1.807) is 86.3 Å². The second-order valence-electron chi connectivity index (χ2n) is 26.5. The first kappa shape index (κ1) is 76.1. The van der Waals surface area contributed by atoms with Gasteiger partial charge in [-0.1, -0.05) is 129 Å².